The van der Waals surface area contributed by atoms with Gasteiger partial charge in [-0.05, 0) is 12.1 Å². The molecular formula is C11H10ClN3OS. The first kappa shape index (κ1) is 11.9. The van der Waals surface area contributed by atoms with Gasteiger partial charge in [0.1, 0.15) is 0 Å². The maximum absolute atomic E-state index is 11.9. The van der Waals surface area contributed by atoms with Crippen molar-refractivity contribution in [1.82, 2.24) is 10.3 Å². The SMILES string of the molecule is Nc1cccc(Cl)c1C(=O)NCc1cncs1. The Hall–Kier alpha value is -1.59. The lowest BCUT2D eigenvalue weighted by molar-refractivity contribution is 0.0952. The topological polar surface area (TPSA) is 68.0 Å². The van der Waals surface area contributed by atoms with Crippen molar-refractivity contribution in [2.75, 3.05) is 5.73 Å². The minimum Gasteiger partial charge on any atom is -0.398 e. The first-order valence-electron chi connectivity index (χ1n) is 4.88. The van der Waals surface area contributed by atoms with Gasteiger partial charge in [0.2, 0.25) is 0 Å². The van der Waals surface area contributed by atoms with Crippen molar-refractivity contribution in [3.63, 3.8) is 0 Å². The quantitative estimate of drug-likeness (QED) is 0.839. The van der Waals surface area contributed by atoms with Gasteiger partial charge in [-0.2, -0.15) is 0 Å². The predicted octanol–water partition coefficient (Wildman–Crippen LogP) is 2.31. The largest absolute Gasteiger partial charge is 0.398 e. The van der Waals surface area contributed by atoms with Crippen LogP contribution in [-0.4, -0.2) is 10.9 Å². The van der Waals surface area contributed by atoms with Crippen LogP contribution in [0.5, 0.6) is 0 Å². The van der Waals surface area contributed by atoms with Crippen molar-refractivity contribution in [2.24, 2.45) is 0 Å². The molecule has 2 rings (SSSR count). The molecule has 0 spiro atoms. The molecule has 1 aromatic heterocycles. The number of amides is 1. The highest BCUT2D eigenvalue weighted by molar-refractivity contribution is 7.09. The van der Waals surface area contributed by atoms with E-state index in [0.717, 1.165) is 4.88 Å². The van der Waals surface area contributed by atoms with Crippen LogP contribution in [0.1, 0.15) is 15.2 Å². The maximum atomic E-state index is 11.9. The van der Waals surface area contributed by atoms with E-state index in [-0.39, 0.29) is 5.91 Å². The van der Waals surface area contributed by atoms with E-state index in [0.29, 0.717) is 22.8 Å². The number of carbonyl (C=O) groups excluding carboxylic acids is 1. The number of nitrogens with zero attached hydrogens (tertiary/aromatic N) is 1. The van der Waals surface area contributed by atoms with Crippen LogP contribution in [-0.2, 0) is 6.54 Å². The molecule has 0 fully saturated rings. The second-order valence-electron chi connectivity index (χ2n) is 3.35. The predicted molar refractivity (Wildman–Crippen MR) is 69.1 cm³/mol. The molecule has 1 amide bonds. The lowest BCUT2D eigenvalue weighted by Gasteiger charge is -2.07. The van der Waals surface area contributed by atoms with E-state index in [1.807, 2.05) is 0 Å². The second kappa shape index (κ2) is 5.16. The summed E-state index contributed by atoms with van der Waals surface area (Å²) in [6.45, 7) is 0.425. The van der Waals surface area contributed by atoms with Gasteiger partial charge in [0, 0.05) is 16.8 Å². The monoisotopic (exact) mass is 267 g/mol. The highest BCUT2D eigenvalue weighted by atomic mass is 35.5. The Balaban J connectivity index is 2.10. The minimum atomic E-state index is -0.276. The number of halogens is 1. The lowest BCUT2D eigenvalue weighted by atomic mass is 10.1. The Bertz CT molecular complexity index is 507. The van der Waals surface area contributed by atoms with Crippen molar-refractivity contribution in [1.29, 1.82) is 0 Å². The van der Waals surface area contributed by atoms with Gasteiger partial charge in [0.15, 0.2) is 0 Å². The van der Waals surface area contributed by atoms with E-state index in [1.165, 1.54) is 11.3 Å². The van der Waals surface area contributed by atoms with Crippen LogP contribution in [0.25, 0.3) is 0 Å². The van der Waals surface area contributed by atoms with Crippen LogP contribution in [0.2, 0.25) is 5.02 Å². The smallest absolute Gasteiger partial charge is 0.255 e. The number of anilines is 1. The molecule has 0 saturated heterocycles. The minimum absolute atomic E-state index is 0.276. The van der Waals surface area contributed by atoms with Crippen LogP contribution < -0.4 is 11.1 Å². The number of hydrogen-bond donors (Lipinski definition) is 2. The summed E-state index contributed by atoms with van der Waals surface area (Å²) in [6.07, 6.45) is 1.71. The molecule has 0 aliphatic heterocycles. The van der Waals surface area contributed by atoms with Gasteiger partial charge in [-0.25, -0.2) is 0 Å². The molecule has 0 aliphatic rings. The van der Waals surface area contributed by atoms with Crippen LogP contribution in [0.3, 0.4) is 0 Å². The number of nitrogens with two attached hydrogens (primary N) is 1. The Kier molecular flexibility index (Phi) is 3.61. The molecule has 1 heterocycles. The third-order valence-corrected chi connectivity index (χ3v) is 3.27. The molecule has 3 N–H and O–H groups in total. The fourth-order valence-corrected chi connectivity index (χ4v) is 2.17. The second-order valence-corrected chi connectivity index (χ2v) is 4.73. The summed E-state index contributed by atoms with van der Waals surface area (Å²) in [6, 6.07) is 4.99. The van der Waals surface area contributed by atoms with Crippen molar-refractivity contribution >= 4 is 34.5 Å². The lowest BCUT2D eigenvalue weighted by Crippen LogP contribution is -2.23. The molecule has 0 aliphatic carbocycles. The molecule has 0 bridgehead atoms. The number of aromatic nitrogens is 1. The average molecular weight is 268 g/mol. The van der Waals surface area contributed by atoms with Crippen LogP contribution in [0.15, 0.2) is 29.9 Å². The molecule has 0 atom stereocenters. The van der Waals surface area contributed by atoms with Crippen LogP contribution >= 0.6 is 22.9 Å². The number of nitrogens with one attached hydrogen (secondary N) is 1. The molecule has 17 heavy (non-hydrogen) atoms. The van der Waals surface area contributed by atoms with Crippen molar-refractivity contribution < 1.29 is 4.79 Å². The summed E-state index contributed by atoms with van der Waals surface area (Å²) in [7, 11) is 0. The van der Waals surface area contributed by atoms with Gasteiger partial charge in [-0.1, -0.05) is 17.7 Å². The van der Waals surface area contributed by atoms with Crippen molar-refractivity contribution in [3.8, 4) is 0 Å². The van der Waals surface area contributed by atoms with Gasteiger partial charge in [0.05, 0.1) is 22.6 Å². The van der Waals surface area contributed by atoms with E-state index < -0.39 is 0 Å². The zero-order valence-electron chi connectivity index (χ0n) is 8.81. The van der Waals surface area contributed by atoms with Gasteiger partial charge in [-0.15, -0.1) is 11.3 Å². The van der Waals surface area contributed by atoms with E-state index in [9.17, 15) is 4.79 Å². The number of hydrogen-bond acceptors (Lipinski definition) is 4. The average Bonchev–Trinajstić information content (AvgIpc) is 2.79. The summed E-state index contributed by atoms with van der Waals surface area (Å²) >= 11 is 7.41. The fraction of sp³-hybridized carbons (Fsp3) is 0.0909. The Morgan fingerprint density at radius 2 is 2.35 bits per heavy atom. The number of thiazole rings is 1. The van der Waals surface area contributed by atoms with Crippen molar-refractivity contribution in [3.05, 3.63) is 45.4 Å². The third kappa shape index (κ3) is 2.75. The van der Waals surface area contributed by atoms with E-state index >= 15 is 0 Å². The number of rotatable bonds is 3. The molecule has 6 heteroatoms. The standard InChI is InChI=1S/C11H10ClN3OS/c12-8-2-1-3-9(13)10(8)11(16)15-5-7-4-14-6-17-7/h1-4,6H,5,13H2,(H,15,16). The Morgan fingerprint density at radius 1 is 1.53 bits per heavy atom. The fourth-order valence-electron chi connectivity index (χ4n) is 1.37. The molecule has 88 valence electrons. The van der Waals surface area contributed by atoms with E-state index in [1.54, 1.807) is 29.9 Å². The number of nitrogen functional groups attached to an aromatic ring is 1. The Morgan fingerprint density at radius 3 is 3.00 bits per heavy atom. The van der Waals surface area contributed by atoms with Crippen LogP contribution in [0.4, 0.5) is 5.69 Å². The first-order valence-corrected chi connectivity index (χ1v) is 6.14. The number of carbonyl (C=O) groups is 1. The zero-order chi connectivity index (χ0) is 12.3. The summed E-state index contributed by atoms with van der Waals surface area (Å²) in [4.78, 5) is 16.8. The Labute approximate surface area is 107 Å². The van der Waals surface area contributed by atoms with Gasteiger partial charge >= 0.3 is 0 Å². The molecule has 0 radical (unpaired) electrons. The maximum Gasteiger partial charge on any atom is 0.255 e. The molecule has 0 unspecified atom stereocenters. The summed E-state index contributed by atoms with van der Waals surface area (Å²) in [5.74, 6) is -0.276. The molecule has 0 saturated carbocycles. The summed E-state index contributed by atoms with van der Waals surface area (Å²) < 4.78 is 0. The number of benzene rings is 1. The summed E-state index contributed by atoms with van der Waals surface area (Å²) in [5.41, 5.74) is 8.12. The summed E-state index contributed by atoms with van der Waals surface area (Å²) in [5, 5.41) is 3.10. The first-order chi connectivity index (χ1) is 8.18. The molecule has 1 aromatic carbocycles. The van der Waals surface area contributed by atoms with Crippen LogP contribution in [0, 0.1) is 0 Å². The van der Waals surface area contributed by atoms with Crippen molar-refractivity contribution in [2.45, 2.75) is 6.54 Å². The van der Waals surface area contributed by atoms with E-state index in [2.05, 4.69) is 10.3 Å². The zero-order valence-corrected chi connectivity index (χ0v) is 10.4. The van der Waals surface area contributed by atoms with Gasteiger partial charge in [-0.3, -0.25) is 9.78 Å². The van der Waals surface area contributed by atoms with E-state index in [4.69, 9.17) is 17.3 Å². The highest BCUT2D eigenvalue weighted by Crippen LogP contribution is 2.21. The highest BCUT2D eigenvalue weighted by Gasteiger charge is 2.13. The van der Waals surface area contributed by atoms with Gasteiger partial charge in [0.25, 0.3) is 5.91 Å². The molecular weight excluding hydrogens is 258 g/mol. The van der Waals surface area contributed by atoms with Gasteiger partial charge < -0.3 is 11.1 Å². The molecule has 2 aromatic rings. The third-order valence-electron chi connectivity index (χ3n) is 2.18. The normalized spacial score (nSPS) is 10.2. The molecule has 4 nitrogen and oxygen atoms in total.